The molecule has 126 valence electrons. The molecule has 1 aliphatic rings. The summed E-state index contributed by atoms with van der Waals surface area (Å²) in [5, 5.41) is 12.3. The lowest BCUT2D eigenvalue weighted by Gasteiger charge is -2.17. The molecule has 2 aromatic rings. The maximum atomic E-state index is 12.4. The van der Waals surface area contributed by atoms with E-state index < -0.39 is 5.92 Å². The predicted octanol–water partition coefficient (Wildman–Crippen LogP) is 2.88. The lowest BCUT2D eigenvalue weighted by Crippen LogP contribution is -2.32. The summed E-state index contributed by atoms with van der Waals surface area (Å²) in [5.41, 5.74) is 2.10. The number of anilines is 1. The molecule has 1 unspecified atom stereocenters. The van der Waals surface area contributed by atoms with Crippen molar-refractivity contribution < 1.29 is 9.59 Å². The first-order valence-corrected chi connectivity index (χ1v) is 8.27. The molecule has 5 nitrogen and oxygen atoms in total. The van der Waals surface area contributed by atoms with Gasteiger partial charge < -0.3 is 10.2 Å². The standard InChI is InChI=1S/C19H16ClN3O2/c20-16-5-2-6-17(9-16)23-12-15(8-18(23)24)19(25)22-11-14-4-1-3-13(7-14)10-21/h1-7,9,15H,8,11-12H2,(H,22,25). The Morgan fingerprint density at radius 3 is 2.84 bits per heavy atom. The third-order valence-corrected chi connectivity index (χ3v) is 4.37. The van der Waals surface area contributed by atoms with Crippen LogP contribution in [0.4, 0.5) is 5.69 Å². The fourth-order valence-corrected chi connectivity index (χ4v) is 3.05. The van der Waals surface area contributed by atoms with Gasteiger partial charge >= 0.3 is 0 Å². The van der Waals surface area contributed by atoms with E-state index in [1.807, 2.05) is 6.07 Å². The zero-order chi connectivity index (χ0) is 17.8. The van der Waals surface area contributed by atoms with Crippen molar-refractivity contribution in [2.45, 2.75) is 13.0 Å². The van der Waals surface area contributed by atoms with Crippen molar-refractivity contribution in [2.24, 2.45) is 5.92 Å². The Bertz CT molecular complexity index is 860. The van der Waals surface area contributed by atoms with Gasteiger partial charge in [-0.15, -0.1) is 0 Å². The quantitative estimate of drug-likeness (QED) is 0.918. The molecule has 0 bridgehead atoms. The van der Waals surface area contributed by atoms with Crippen LogP contribution in [0, 0.1) is 17.2 Å². The van der Waals surface area contributed by atoms with E-state index >= 15 is 0 Å². The Balaban J connectivity index is 1.62. The number of halogens is 1. The molecule has 1 atom stereocenters. The maximum Gasteiger partial charge on any atom is 0.227 e. The summed E-state index contributed by atoms with van der Waals surface area (Å²) >= 11 is 5.97. The first-order chi connectivity index (χ1) is 12.1. The molecule has 0 radical (unpaired) electrons. The highest BCUT2D eigenvalue weighted by molar-refractivity contribution is 6.31. The van der Waals surface area contributed by atoms with Crippen molar-refractivity contribution in [1.82, 2.24) is 5.32 Å². The summed E-state index contributed by atoms with van der Waals surface area (Å²) in [4.78, 5) is 26.2. The summed E-state index contributed by atoms with van der Waals surface area (Å²) in [6, 6.07) is 16.2. The Labute approximate surface area is 150 Å². The molecule has 1 N–H and O–H groups in total. The van der Waals surface area contributed by atoms with Gasteiger partial charge in [0, 0.05) is 30.2 Å². The lowest BCUT2D eigenvalue weighted by atomic mass is 10.1. The summed E-state index contributed by atoms with van der Waals surface area (Å²) in [6.07, 6.45) is 0.177. The predicted molar refractivity (Wildman–Crippen MR) is 94.9 cm³/mol. The number of nitriles is 1. The summed E-state index contributed by atoms with van der Waals surface area (Å²) in [5.74, 6) is -0.653. The zero-order valence-electron chi connectivity index (χ0n) is 13.4. The maximum absolute atomic E-state index is 12.4. The SMILES string of the molecule is N#Cc1cccc(CNC(=O)C2CC(=O)N(c3cccc(Cl)c3)C2)c1. The van der Waals surface area contributed by atoms with E-state index in [0.717, 1.165) is 5.56 Å². The van der Waals surface area contributed by atoms with E-state index in [9.17, 15) is 9.59 Å². The number of carbonyl (C=O) groups is 2. The topological polar surface area (TPSA) is 73.2 Å². The second-order valence-electron chi connectivity index (χ2n) is 5.92. The number of benzene rings is 2. The minimum absolute atomic E-state index is 0.0890. The van der Waals surface area contributed by atoms with E-state index in [0.29, 0.717) is 29.4 Å². The first-order valence-electron chi connectivity index (χ1n) is 7.89. The number of nitrogens with one attached hydrogen (secondary N) is 1. The van der Waals surface area contributed by atoms with Crippen molar-refractivity contribution in [2.75, 3.05) is 11.4 Å². The van der Waals surface area contributed by atoms with E-state index in [1.54, 1.807) is 47.4 Å². The van der Waals surface area contributed by atoms with Gasteiger partial charge in [-0.1, -0.05) is 29.8 Å². The van der Waals surface area contributed by atoms with Gasteiger partial charge in [0.15, 0.2) is 0 Å². The number of hydrogen-bond acceptors (Lipinski definition) is 3. The Morgan fingerprint density at radius 1 is 1.28 bits per heavy atom. The molecule has 1 saturated heterocycles. The summed E-state index contributed by atoms with van der Waals surface area (Å²) in [6.45, 7) is 0.666. The highest BCUT2D eigenvalue weighted by Crippen LogP contribution is 2.27. The zero-order valence-corrected chi connectivity index (χ0v) is 14.2. The number of nitrogens with zero attached hydrogens (tertiary/aromatic N) is 2. The average Bonchev–Trinajstić information content (AvgIpc) is 3.02. The van der Waals surface area contributed by atoms with Crippen LogP contribution < -0.4 is 10.2 Å². The summed E-state index contributed by atoms with van der Waals surface area (Å²) < 4.78 is 0. The number of carbonyl (C=O) groups excluding carboxylic acids is 2. The molecule has 25 heavy (non-hydrogen) atoms. The fourth-order valence-electron chi connectivity index (χ4n) is 2.86. The molecule has 1 fully saturated rings. The van der Waals surface area contributed by atoms with Crippen molar-refractivity contribution >= 4 is 29.1 Å². The van der Waals surface area contributed by atoms with Gasteiger partial charge in [-0.3, -0.25) is 9.59 Å². The molecule has 0 spiro atoms. The van der Waals surface area contributed by atoms with Crippen LogP contribution in [0.2, 0.25) is 5.02 Å². The van der Waals surface area contributed by atoms with Gasteiger partial charge in [-0.05, 0) is 35.9 Å². The molecule has 1 aliphatic heterocycles. The Kier molecular flexibility index (Phi) is 5.01. The minimum atomic E-state index is -0.398. The molecule has 0 saturated carbocycles. The molecular weight excluding hydrogens is 338 g/mol. The molecule has 2 amide bonds. The average molecular weight is 354 g/mol. The second kappa shape index (κ2) is 7.37. The van der Waals surface area contributed by atoms with Crippen molar-refractivity contribution in [3.8, 4) is 6.07 Å². The smallest absolute Gasteiger partial charge is 0.227 e. The Morgan fingerprint density at radius 2 is 2.08 bits per heavy atom. The normalized spacial score (nSPS) is 16.6. The van der Waals surface area contributed by atoms with Gasteiger partial charge in [0.1, 0.15) is 0 Å². The fraction of sp³-hybridized carbons (Fsp3) is 0.211. The third-order valence-electron chi connectivity index (χ3n) is 4.14. The first kappa shape index (κ1) is 17.0. The van der Waals surface area contributed by atoms with Gasteiger partial charge in [0.25, 0.3) is 0 Å². The number of amides is 2. The van der Waals surface area contributed by atoms with Crippen LogP contribution >= 0.6 is 11.6 Å². The second-order valence-corrected chi connectivity index (χ2v) is 6.35. The molecule has 0 aromatic heterocycles. The van der Waals surface area contributed by atoms with Crippen LogP contribution in [0.3, 0.4) is 0 Å². The highest BCUT2D eigenvalue weighted by atomic mass is 35.5. The number of rotatable bonds is 4. The monoisotopic (exact) mass is 353 g/mol. The number of hydrogen-bond donors (Lipinski definition) is 1. The molecule has 6 heteroatoms. The molecule has 0 aliphatic carbocycles. The van der Waals surface area contributed by atoms with Crippen molar-refractivity contribution in [3.05, 3.63) is 64.7 Å². The van der Waals surface area contributed by atoms with Crippen LogP contribution in [-0.4, -0.2) is 18.4 Å². The summed E-state index contributed by atoms with van der Waals surface area (Å²) in [7, 11) is 0. The van der Waals surface area contributed by atoms with Crippen LogP contribution in [0.25, 0.3) is 0 Å². The van der Waals surface area contributed by atoms with Crippen molar-refractivity contribution in [3.63, 3.8) is 0 Å². The van der Waals surface area contributed by atoms with Gasteiger partial charge in [0.05, 0.1) is 17.6 Å². The Hall–Kier alpha value is -2.84. The van der Waals surface area contributed by atoms with Gasteiger partial charge in [-0.25, -0.2) is 0 Å². The van der Waals surface area contributed by atoms with Crippen molar-refractivity contribution in [1.29, 1.82) is 5.26 Å². The highest BCUT2D eigenvalue weighted by Gasteiger charge is 2.35. The largest absolute Gasteiger partial charge is 0.352 e. The van der Waals surface area contributed by atoms with E-state index in [1.165, 1.54) is 0 Å². The molecule has 3 rings (SSSR count). The van der Waals surface area contributed by atoms with Crippen LogP contribution in [0.1, 0.15) is 17.5 Å². The minimum Gasteiger partial charge on any atom is -0.352 e. The van der Waals surface area contributed by atoms with Crippen LogP contribution in [0.15, 0.2) is 48.5 Å². The molecule has 1 heterocycles. The van der Waals surface area contributed by atoms with E-state index in [-0.39, 0.29) is 18.2 Å². The van der Waals surface area contributed by atoms with Gasteiger partial charge in [-0.2, -0.15) is 5.26 Å². The van der Waals surface area contributed by atoms with E-state index in [2.05, 4.69) is 11.4 Å². The van der Waals surface area contributed by atoms with Crippen LogP contribution in [0.5, 0.6) is 0 Å². The van der Waals surface area contributed by atoms with E-state index in [4.69, 9.17) is 16.9 Å². The third kappa shape index (κ3) is 3.98. The van der Waals surface area contributed by atoms with Gasteiger partial charge in [0.2, 0.25) is 11.8 Å². The lowest BCUT2D eigenvalue weighted by molar-refractivity contribution is -0.126. The molecular formula is C19H16ClN3O2. The molecule has 2 aromatic carbocycles. The van der Waals surface area contributed by atoms with Crippen LogP contribution in [-0.2, 0) is 16.1 Å².